The average Bonchev–Trinajstić information content (AvgIpc) is 3.01. The number of carbonyl (C=O) groups excluding carboxylic acids is 1. The highest BCUT2D eigenvalue weighted by Crippen LogP contribution is 2.41. The van der Waals surface area contributed by atoms with Gasteiger partial charge in [0.25, 0.3) is 0 Å². The normalized spacial score (nSPS) is 24.2. The minimum absolute atomic E-state index is 0.0520. The quantitative estimate of drug-likeness (QED) is 0.923. The second-order valence-corrected chi connectivity index (χ2v) is 6.69. The van der Waals surface area contributed by atoms with Gasteiger partial charge in [0.1, 0.15) is 6.17 Å². The van der Waals surface area contributed by atoms with Gasteiger partial charge >= 0.3 is 0 Å². The molecule has 1 saturated carbocycles. The number of benzene rings is 1. The molecule has 21 heavy (non-hydrogen) atoms. The molecule has 1 N–H and O–H groups in total. The molecular formula is C18H26N2O. The first kappa shape index (κ1) is 14.6. The number of hydrogen-bond acceptors (Lipinski definition) is 2. The van der Waals surface area contributed by atoms with E-state index >= 15 is 0 Å². The lowest BCUT2D eigenvalue weighted by molar-refractivity contribution is -0.133. The van der Waals surface area contributed by atoms with Crippen LogP contribution in [-0.2, 0) is 4.79 Å². The average molecular weight is 286 g/mol. The Morgan fingerprint density at radius 3 is 2.62 bits per heavy atom. The predicted molar refractivity (Wildman–Crippen MR) is 85.0 cm³/mol. The molecule has 1 aromatic rings. The second-order valence-electron chi connectivity index (χ2n) is 6.69. The summed E-state index contributed by atoms with van der Waals surface area (Å²) >= 11 is 0. The molecule has 2 aliphatic rings. The lowest BCUT2D eigenvalue weighted by Gasteiger charge is -2.25. The maximum atomic E-state index is 12.9. The van der Waals surface area contributed by atoms with Gasteiger partial charge in [-0.05, 0) is 44.2 Å². The number of aryl methyl sites for hydroxylation is 2. The Bertz CT molecular complexity index is 546. The molecule has 0 radical (unpaired) electrons. The first-order valence-electron chi connectivity index (χ1n) is 8.23. The zero-order chi connectivity index (χ0) is 15.0. The van der Waals surface area contributed by atoms with Crippen LogP contribution in [-0.4, -0.2) is 22.9 Å². The molecule has 1 amide bonds. The van der Waals surface area contributed by atoms with Crippen molar-refractivity contribution in [3.8, 4) is 0 Å². The third kappa shape index (κ3) is 2.38. The van der Waals surface area contributed by atoms with Crippen LogP contribution in [0.2, 0.25) is 0 Å². The van der Waals surface area contributed by atoms with Gasteiger partial charge in [0, 0.05) is 6.54 Å². The number of rotatable bonds is 3. The third-order valence-corrected chi connectivity index (χ3v) is 5.04. The summed E-state index contributed by atoms with van der Waals surface area (Å²) in [5.74, 6) is 0.326. The zero-order valence-electron chi connectivity index (χ0n) is 13.4. The van der Waals surface area contributed by atoms with Crippen LogP contribution in [0.3, 0.4) is 0 Å². The third-order valence-electron chi connectivity index (χ3n) is 5.04. The Hall–Kier alpha value is -1.35. The van der Waals surface area contributed by atoms with Gasteiger partial charge in [-0.2, -0.15) is 0 Å². The molecule has 1 aliphatic heterocycles. The van der Waals surface area contributed by atoms with Crippen molar-refractivity contribution in [1.29, 1.82) is 0 Å². The first-order valence-corrected chi connectivity index (χ1v) is 8.23. The van der Waals surface area contributed by atoms with Gasteiger partial charge in [-0.15, -0.1) is 0 Å². The predicted octanol–water partition coefficient (Wildman–Crippen LogP) is 3.46. The molecule has 1 aliphatic carbocycles. The summed E-state index contributed by atoms with van der Waals surface area (Å²) in [5, 5.41) is 3.70. The maximum Gasteiger partial charge on any atom is 0.244 e. The number of nitrogens with one attached hydrogen (secondary N) is 1. The molecular weight excluding hydrogens is 260 g/mol. The molecule has 1 atom stereocenters. The van der Waals surface area contributed by atoms with E-state index in [0.29, 0.717) is 5.91 Å². The SMILES string of the molecule is CCCN1C(=O)C2(CCCC2)NC1c1ccc(C)cc1C. The van der Waals surface area contributed by atoms with Crippen molar-refractivity contribution in [3.63, 3.8) is 0 Å². The van der Waals surface area contributed by atoms with Crippen LogP contribution in [0.15, 0.2) is 18.2 Å². The van der Waals surface area contributed by atoms with Gasteiger partial charge in [0.2, 0.25) is 5.91 Å². The van der Waals surface area contributed by atoms with Crippen molar-refractivity contribution >= 4 is 5.91 Å². The topological polar surface area (TPSA) is 32.3 Å². The van der Waals surface area contributed by atoms with Crippen molar-refractivity contribution in [2.24, 2.45) is 0 Å². The highest BCUT2D eigenvalue weighted by molar-refractivity contribution is 5.89. The largest absolute Gasteiger partial charge is 0.321 e. The fourth-order valence-electron chi connectivity index (χ4n) is 3.98. The Balaban J connectivity index is 1.97. The van der Waals surface area contributed by atoms with E-state index in [1.807, 2.05) is 0 Å². The Kier molecular flexibility index (Phi) is 3.78. The minimum Gasteiger partial charge on any atom is -0.321 e. The Morgan fingerprint density at radius 2 is 2.00 bits per heavy atom. The fraction of sp³-hybridized carbons (Fsp3) is 0.611. The summed E-state index contributed by atoms with van der Waals surface area (Å²) < 4.78 is 0. The molecule has 3 heteroatoms. The summed E-state index contributed by atoms with van der Waals surface area (Å²) in [6, 6.07) is 6.55. The van der Waals surface area contributed by atoms with Crippen LogP contribution < -0.4 is 5.32 Å². The van der Waals surface area contributed by atoms with Gasteiger partial charge in [-0.25, -0.2) is 0 Å². The van der Waals surface area contributed by atoms with Crippen LogP contribution in [0.5, 0.6) is 0 Å². The monoisotopic (exact) mass is 286 g/mol. The van der Waals surface area contributed by atoms with Crippen LogP contribution in [0.1, 0.15) is 61.9 Å². The van der Waals surface area contributed by atoms with Crippen LogP contribution in [0.4, 0.5) is 0 Å². The number of hydrogen-bond donors (Lipinski definition) is 1. The van der Waals surface area contributed by atoms with Crippen molar-refractivity contribution in [1.82, 2.24) is 10.2 Å². The first-order chi connectivity index (χ1) is 10.1. The number of amides is 1. The van der Waals surface area contributed by atoms with Gasteiger partial charge in [0.05, 0.1) is 5.54 Å². The minimum atomic E-state index is -0.281. The lowest BCUT2D eigenvalue weighted by atomic mass is 9.98. The van der Waals surface area contributed by atoms with Gasteiger partial charge in [-0.1, -0.05) is 43.5 Å². The number of nitrogens with zero attached hydrogens (tertiary/aromatic N) is 1. The standard InChI is InChI=1S/C18H26N2O/c1-4-11-20-16(15-8-7-13(2)12-14(15)3)19-18(17(20)21)9-5-6-10-18/h7-8,12,16,19H,4-6,9-11H2,1-3H3. The molecule has 0 bridgehead atoms. The van der Waals surface area contributed by atoms with E-state index in [9.17, 15) is 4.79 Å². The molecule has 1 saturated heterocycles. The van der Waals surface area contributed by atoms with Crippen molar-refractivity contribution in [2.45, 2.75) is 64.6 Å². The molecule has 1 heterocycles. The smallest absolute Gasteiger partial charge is 0.244 e. The van der Waals surface area contributed by atoms with Crippen molar-refractivity contribution in [3.05, 3.63) is 34.9 Å². The van der Waals surface area contributed by atoms with E-state index in [4.69, 9.17) is 0 Å². The molecule has 3 nitrogen and oxygen atoms in total. The lowest BCUT2D eigenvalue weighted by Crippen LogP contribution is -2.44. The fourth-order valence-corrected chi connectivity index (χ4v) is 3.98. The van der Waals surface area contributed by atoms with E-state index in [2.05, 4.69) is 49.2 Å². The highest BCUT2D eigenvalue weighted by atomic mass is 16.2. The van der Waals surface area contributed by atoms with Gasteiger partial charge in [-0.3, -0.25) is 10.1 Å². The van der Waals surface area contributed by atoms with Crippen LogP contribution >= 0.6 is 0 Å². The van der Waals surface area contributed by atoms with Gasteiger partial charge < -0.3 is 4.90 Å². The van der Waals surface area contributed by atoms with E-state index < -0.39 is 0 Å². The summed E-state index contributed by atoms with van der Waals surface area (Å²) in [5.41, 5.74) is 3.53. The summed E-state index contributed by atoms with van der Waals surface area (Å²) in [6.07, 6.45) is 5.37. The Morgan fingerprint density at radius 1 is 1.29 bits per heavy atom. The Labute approximate surface area is 127 Å². The molecule has 114 valence electrons. The van der Waals surface area contributed by atoms with Crippen LogP contribution in [0, 0.1) is 13.8 Å². The summed E-state index contributed by atoms with van der Waals surface area (Å²) in [4.78, 5) is 15.0. The number of carbonyl (C=O) groups is 1. The summed E-state index contributed by atoms with van der Waals surface area (Å²) in [7, 11) is 0. The molecule has 0 aromatic heterocycles. The maximum absolute atomic E-state index is 12.9. The molecule has 3 rings (SSSR count). The van der Waals surface area contributed by atoms with E-state index in [-0.39, 0.29) is 11.7 Å². The summed E-state index contributed by atoms with van der Waals surface area (Å²) in [6.45, 7) is 7.25. The molecule has 1 unspecified atom stereocenters. The second kappa shape index (κ2) is 5.45. The van der Waals surface area contributed by atoms with E-state index in [1.165, 1.54) is 16.7 Å². The van der Waals surface area contributed by atoms with Crippen molar-refractivity contribution < 1.29 is 4.79 Å². The van der Waals surface area contributed by atoms with Crippen LogP contribution in [0.25, 0.3) is 0 Å². The molecule has 1 spiro atoms. The van der Waals surface area contributed by atoms with Crippen molar-refractivity contribution in [2.75, 3.05) is 6.54 Å². The zero-order valence-corrected chi connectivity index (χ0v) is 13.4. The highest BCUT2D eigenvalue weighted by Gasteiger charge is 2.52. The molecule has 2 fully saturated rings. The van der Waals surface area contributed by atoms with Gasteiger partial charge in [0.15, 0.2) is 0 Å². The van der Waals surface area contributed by atoms with E-state index in [1.54, 1.807) is 0 Å². The van der Waals surface area contributed by atoms with E-state index in [0.717, 1.165) is 38.6 Å². The molecule has 1 aromatic carbocycles.